The first-order valence-corrected chi connectivity index (χ1v) is 16.8. The number of anilines is 2. The number of hydrogen-bond acceptors (Lipinski definition) is 10. The summed E-state index contributed by atoms with van der Waals surface area (Å²) in [7, 11) is 0. The van der Waals surface area contributed by atoms with Gasteiger partial charge in [0, 0.05) is 42.5 Å². The first-order valence-electron chi connectivity index (χ1n) is 16.4. The van der Waals surface area contributed by atoms with Crippen molar-refractivity contribution in [3.05, 3.63) is 88.7 Å². The van der Waals surface area contributed by atoms with E-state index in [1.165, 1.54) is 40.0 Å². The zero-order valence-corrected chi connectivity index (χ0v) is 28.7. The summed E-state index contributed by atoms with van der Waals surface area (Å²) in [5, 5.41) is 4.49. The lowest BCUT2D eigenvalue weighted by atomic mass is 9.76. The molecule has 1 amide bonds. The molecule has 0 bridgehead atoms. The van der Waals surface area contributed by atoms with E-state index in [-0.39, 0.29) is 53.7 Å². The van der Waals surface area contributed by atoms with Gasteiger partial charge in [0.05, 0.1) is 18.0 Å². The number of carbonyl (C=O) groups excluding carboxylic acids is 2. The highest BCUT2D eigenvalue weighted by atomic mass is 35.5. The number of nitrogen functional groups attached to an aromatic ring is 1. The average molecular weight is 728 g/mol. The van der Waals surface area contributed by atoms with Crippen LogP contribution in [0.2, 0.25) is 5.02 Å². The molecule has 2 aromatic heterocycles. The van der Waals surface area contributed by atoms with E-state index in [0.717, 1.165) is 5.56 Å². The minimum atomic E-state index is -4.85. The number of piperidine rings is 1. The maximum absolute atomic E-state index is 14.6. The molecule has 4 heterocycles. The summed E-state index contributed by atoms with van der Waals surface area (Å²) in [5.41, 5.74) is 6.87. The van der Waals surface area contributed by atoms with Crippen LogP contribution in [0.25, 0.3) is 5.69 Å². The van der Waals surface area contributed by atoms with Gasteiger partial charge in [-0.3, -0.25) is 4.90 Å². The number of carbonyl (C=O) groups is 2. The Hall–Kier alpha value is -5.05. The van der Waals surface area contributed by atoms with Crippen LogP contribution in [0, 0.1) is 12.3 Å². The average Bonchev–Trinajstić information content (AvgIpc) is 3.70. The van der Waals surface area contributed by atoms with E-state index in [4.69, 9.17) is 31.5 Å². The number of hydrogen-bond donors (Lipinski definition) is 1. The molecule has 16 heteroatoms. The van der Waals surface area contributed by atoms with Crippen LogP contribution in [-0.4, -0.2) is 75.2 Å². The molecule has 0 radical (unpaired) electrons. The standard InChI is InChI=1S/C35H37ClF3N7O5/c1-3-49-31(47)27-19-34(21-45(27)33(48)50-20-23-7-5-4-6-8-23)12-15-44(16-13-34)28-18-29(42-32(40)41-28)51-30(35(37,38)39)25-10-9-24(36)17-26(25)46-14-11-22(2)43-46/h4-11,14,17-18,27,30H,3,12-13,15-16,19-21H2,1-2H3,(H2,40,41,42). The Balaban J connectivity index is 1.19. The third kappa shape index (κ3) is 8.14. The van der Waals surface area contributed by atoms with E-state index >= 15 is 0 Å². The summed E-state index contributed by atoms with van der Waals surface area (Å²) in [6, 6.07) is 15.4. The number of aromatic nitrogens is 4. The minimum absolute atomic E-state index is 0.0590. The van der Waals surface area contributed by atoms with Crippen LogP contribution in [0.4, 0.5) is 29.7 Å². The summed E-state index contributed by atoms with van der Waals surface area (Å²) in [5.74, 6) is -0.845. The van der Waals surface area contributed by atoms with Crippen LogP contribution in [-0.2, 0) is 20.9 Å². The molecule has 2 saturated heterocycles. The van der Waals surface area contributed by atoms with Crippen LogP contribution in [0.3, 0.4) is 0 Å². The van der Waals surface area contributed by atoms with Crippen molar-refractivity contribution >= 4 is 35.4 Å². The number of esters is 1. The zero-order chi connectivity index (χ0) is 36.3. The first kappa shape index (κ1) is 35.8. The van der Waals surface area contributed by atoms with Crippen molar-refractivity contribution in [1.82, 2.24) is 24.6 Å². The van der Waals surface area contributed by atoms with Gasteiger partial charge in [0.25, 0.3) is 0 Å². The third-order valence-corrected chi connectivity index (χ3v) is 9.38. The van der Waals surface area contributed by atoms with Gasteiger partial charge in [0.1, 0.15) is 18.5 Å². The molecule has 2 fully saturated rings. The molecule has 2 N–H and O–H groups in total. The van der Waals surface area contributed by atoms with Gasteiger partial charge in [-0.2, -0.15) is 28.2 Å². The summed E-state index contributed by atoms with van der Waals surface area (Å²) >= 11 is 6.17. The van der Waals surface area contributed by atoms with Crippen LogP contribution in [0.1, 0.15) is 49.1 Å². The third-order valence-electron chi connectivity index (χ3n) is 9.14. The summed E-state index contributed by atoms with van der Waals surface area (Å²) in [4.78, 5) is 37.8. The second-order valence-electron chi connectivity index (χ2n) is 12.7. The fourth-order valence-corrected chi connectivity index (χ4v) is 6.80. The Morgan fingerprint density at radius 1 is 1.06 bits per heavy atom. The molecule has 12 nitrogen and oxygen atoms in total. The topological polar surface area (TPSA) is 138 Å². The molecule has 270 valence electrons. The lowest BCUT2D eigenvalue weighted by molar-refractivity contribution is -0.198. The number of aryl methyl sites for hydroxylation is 1. The van der Waals surface area contributed by atoms with Gasteiger partial charge in [-0.25, -0.2) is 14.3 Å². The number of halogens is 4. The number of ether oxygens (including phenoxy) is 3. The second kappa shape index (κ2) is 14.7. The predicted molar refractivity (Wildman–Crippen MR) is 181 cm³/mol. The Bertz CT molecular complexity index is 1870. The van der Waals surface area contributed by atoms with Gasteiger partial charge >= 0.3 is 18.2 Å². The molecule has 6 rings (SSSR count). The monoisotopic (exact) mass is 727 g/mol. The number of likely N-dealkylation sites (tertiary alicyclic amines) is 1. The van der Waals surface area contributed by atoms with Crippen molar-refractivity contribution in [2.45, 2.75) is 58.0 Å². The van der Waals surface area contributed by atoms with Crippen LogP contribution in [0.5, 0.6) is 5.88 Å². The number of rotatable bonds is 9. The molecule has 2 unspecified atom stereocenters. The smallest absolute Gasteiger partial charge is 0.429 e. The van der Waals surface area contributed by atoms with E-state index in [0.29, 0.717) is 38.0 Å². The number of nitrogens with two attached hydrogens (primary N) is 1. The van der Waals surface area contributed by atoms with Crippen molar-refractivity contribution in [1.29, 1.82) is 0 Å². The van der Waals surface area contributed by atoms with Gasteiger partial charge in [0.2, 0.25) is 17.9 Å². The Kier molecular flexibility index (Phi) is 10.3. The lowest BCUT2D eigenvalue weighted by Gasteiger charge is -2.39. The fraction of sp³-hybridized carbons (Fsp3) is 0.400. The summed E-state index contributed by atoms with van der Waals surface area (Å²) in [6.45, 7) is 4.76. The maximum Gasteiger partial charge on any atom is 0.429 e. The molecular formula is C35H37ClF3N7O5. The van der Waals surface area contributed by atoms with E-state index in [9.17, 15) is 22.8 Å². The lowest BCUT2D eigenvalue weighted by Crippen LogP contribution is -2.43. The fourth-order valence-electron chi connectivity index (χ4n) is 6.64. The minimum Gasteiger partial charge on any atom is -0.464 e. The number of amides is 1. The van der Waals surface area contributed by atoms with Crippen LogP contribution in [0.15, 0.2) is 66.9 Å². The van der Waals surface area contributed by atoms with E-state index < -0.39 is 35.8 Å². The highest BCUT2D eigenvalue weighted by Crippen LogP contribution is 2.45. The molecule has 2 atom stereocenters. The van der Waals surface area contributed by atoms with Gasteiger partial charge in [-0.1, -0.05) is 48.0 Å². The molecule has 2 aliphatic rings. The van der Waals surface area contributed by atoms with Gasteiger partial charge in [-0.15, -0.1) is 0 Å². The van der Waals surface area contributed by atoms with Crippen molar-refractivity contribution < 1.29 is 37.0 Å². The van der Waals surface area contributed by atoms with Gasteiger partial charge < -0.3 is 24.8 Å². The molecule has 1 spiro atoms. The molecule has 4 aromatic rings. The molecule has 0 aliphatic carbocycles. The van der Waals surface area contributed by atoms with E-state index in [1.807, 2.05) is 35.2 Å². The molecular weight excluding hydrogens is 691 g/mol. The SMILES string of the molecule is CCOC(=O)C1CC2(CCN(c3cc(OC(c4ccc(Cl)cc4-n4ccc(C)n4)C(F)(F)F)nc(N)n3)CC2)CN1C(=O)OCc1ccccc1. The van der Waals surface area contributed by atoms with Crippen molar-refractivity contribution in [3.8, 4) is 11.6 Å². The van der Waals surface area contributed by atoms with Crippen LogP contribution >= 0.6 is 11.6 Å². The highest BCUT2D eigenvalue weighted by Gasteiger charge is 2.51. The maximum atomic E-state index is 14.6. The van der Waals surface area contributed by atoms with E-state index in [1.54, 1.807) is 19.9 Å². The van der Waals surface area contributed by atoms with Gasteiger partial charge in [-0.05, 0) is 62.3 Å². The molecule has 2 aliphatic heterocycles. The second-order valence-corrected chi connectivity index (χ2v) is 13.1. The largest absolute Gasteiger partial charge is 0.464 e. The summed E-state index contributed by atoms with van der Waals surface area (Å²) in [6.07, 6.45) is -4.88. The Morgan fingerprint density at radius 2 is 1.80 bits per heavy atom. The molecule has 2 aromatic carbocycles. The number of alkyl halides is 3. The normalized spacial score (nSPS) is 17.7. The quantitative estimate of drug-likeness (QED) is 0.192. The van der Waals surface area contributed by atoms with E-state index in [2.05, 4.69) is 15.1 Å². The number of nitrogens with zero attached hydrogens (tertiary/aromatic N) is 6. The molecule has 51 heavy (non-hydrogen) atoms. The highest BCUT2D eigenvalue weighted by molar-refractivity contribution is 6.30. The number of benzene rings is 2. The Morgan fingerprint density at radius 3 is 2.47 bits per heavy atom. The van der Waals surface area contributed by atoms with Crippen molar-refractivity contribution in [3.63, 3.8) is 0 Å². The predicted octanol–water partition coefficient (Wildman–Crippen LogP) is 6.45. The zero-order valence-electron chi connectivity index (χ0n) is 28.0. The summed E-state index contributed by atoms with van der Waals surface area (Å²) < 4.78 is 61.7. The van der Waals surface area contributed by atoms with Crippen molar-refractivity contribution in [2.75, 3.05) is 36.9 Å². The van der Waals surface area contributed by atoms with Gasteiger partial charge in [0.15, 0.2) is 0 Å². The Labute approximate surface area is 297 Å². The molecule has 0 saturated carbocycles. The van der Waals surface area contributed by atoms with Crippen molar-refractivity contribution in [2.24, 2.45) is 5.41 Å². The van der Waals surface area contributed by atoms with Crippen LogP contribution < -0.4 is 15.4 Å². The first-order chi connectivity index (χ1) is 24.3.